The maximum atomic E-state index is 10.8. The minimum Gasteiger partial charge on any atom is -0.298 e. The van der Waals surface area contributed by atoms with E-state index in [0.717, 1.165) is 24.7 Å². The predicted octanol–water partition coefficient (Wildman–Crippen LogP) is 5.30. The summed E-state index contributed by atoms with van der Waals surface area (Å²) in [6.07, 6.45) is 13.3. The lowest BCUT2D eigenvalue weighted by Gasteiger charge is -2.33. The van der Waals surface area contributed by atoms with E-state index in [1.165, 1.54) is 41.6 Å². The summed E-state index contributed by atoms with van der Waals surface area (Å²) in [6, 6.07) is 0. The zero-order valence-corrected chi connectivity index (χ0v) is 13.3. The van der Waals surface area contributed by atoms with Gasteiger partial charge in [-0.15, -0.1) is 0 Å². The van der Waals surface area contributed by atoms with Crippen LogP contribution in [0, 0.1) is 5.41 Å². The average molecular weight is 270 g/mol. The van der Waals surface area contributed by atoms with E-state index >= 15 is 0 Å². The Morgan fingerprint density at radius 3 is 2.60 bits per heavy atom. The van der Waals surface area contributed by atoms with Crippen LogP contribution in [0.1, 0.15) is 59.8 Å². The van der Waals surface area contributed by atoms with Crippen molar-refractivity contribution in [1.29, 1.82) is 0 Å². The smallest absolute Gasteiger partial charge is 0.146 e. The van der Waals surface area contributed by atoms with Crippen LogP contribution in [0.5, 0.6) is 0 Å². The van der Waals surface area contributed by atoms with Gasteiger partial charge >= 0.3 is 0 Å². The van der Waals surface area contributed by atoms with Crippen LogP contribution in [0.4, 0.5) is 0 Å². The summed E-state index contributed by atoms with van der Waals surface area (Å²) < 4.78 is 0. The van der Waals surface area contributed by atoms with Crippen molar-refractivity contribution in [3.05, 3.63) is 46.1 Å². The molecule has 0 radical (unpaired) electrons. The van der Waals surface area contributed by atoms with Gasteiger partial charge in [-0.1, -0.05) is 37.6 Å². The summed E-state index contributed by atoms with van der Waals surface area (Å²) in [5.41, 5.74) is 6.87. The summed E-state index contributed by atoms with van der Waals surface area (Å²) in [4.78, 5) is 10.8. The quantitative estimate of drug-likeness (QED) is 0.636. The van der Waals surface area contributed by atoms with Gasteiger partial charge in [-0.2, -0.15) is 0 Å². The van der Waals surface area contributed by atoms with Crippen molar-refractivity contribution in [3.8, 4) is 0 Å². The standard InChI is InChI=1S/C19H26O/c1-14(17-9-8-16(12-17)13-20)7-10-18-15(2)6-5-11-19(18,3)4/h7,10,12-13H,5-6,8-9,11H2,1-4H3/b10-7+,17-14+. The monoisotopic (exact) mass is 270 g/mol. The molecule has 1 heteroatoms. The van der Waals surface area contributed by atoms with Crippen molar-refractivity contribution >= 4 is 6.29 Å². The number of carbonyl (C=O) groups excluding carboxylic acids is 1. The molecule has 0 spiro atoms. The number of carbonyl (C=O) groups is 1. The van der Waals surface area contributed by atoms with Gasteiger partial charge in [0.15, 0.2) is 0 Å². The number of hydrogen-bond acceptors (Lipinski definition) is 1. The highest BCUT2D eigenvalue weighted by Gasteiger charge is 2.26. The third-order valence-corrected chi connectivity index (χ3v) is 4.74. The van der Waals surface area contributed by atoms with Crippen molar-refractivity contribution in [2.24, 2.45) is 5.41 Å². The Balaban J connectivity index is 2.23. The van der Waals surface area contributed by atoms with Crippen molar-refractivity contribution in [1.82, 2.24) is 0 Å². The second-order valence-corrected chi connectivity index (χ2v) is 6.81. The zero-order valence-electron chi connectivity index (χ0n) is 13.3. The Bertz CT molecular complexity index is 524. The Kier molecular flexibility index (Phi) is 4.47. The molecule has 2 rings (SSSR count). The van der Waals surface area contributed by atoms with E-state index in [9.17, 15) is 4.79 Å². The second-order valence-electron chi connectivity index (χ2n) is 6.81. The first-order chi connectivity index (χ1) is 9.44. The fraction of sp³-hybridized carbons (Fsp3) is 0.526. The minimum atomic E-state index is 0.295. The molecule has 0 N–H and O–H groups in total. The summed E-state index contributed by atoms with van der Waals surface area (Å²) in [6.45, 7) is 9.11. The highest BCUT2D eigenvalue weighted by molar-refractivity contribution is 5.76. The molecule has 108 valence electrons. The Morgan fingerprint density at radius 2 is 2.00 bits per heavy atom. The van der Waals surface area contributed by atoms with E-state index < -0.39 is 0 Å². The average Bonchev–Trinajstić information content (AvgIpc) is 2.86. The molecular weight excluding hydrogens is 244 g/mol. The molecular formula is C19H26O. The first kappa shape index (κ1) is 15.0. The van der Waals surface area contributed by atoms with Gasteiger partial charge in [0.05, 0.1) is 0 Å². The van der Waals surface area contributed by atoms with E-state index in [-0.39, 0.29) is 0 Å². The fourth-order valence-corrected chi connectivity index (χ4v) is 3.38. The van der Waals surface area contributed by atoms with Gasteiger partial charge in [-0.25, -0.2) is 0 Å². The van der Waals surface area contributed by atoms with Crippen LogP contribution in [-0.2, 0) is 4.79 Å². The van der Waals surface area contributed by atoms with E-state index in [2.05, 4.69) is 45.9 Å². The molecule has 0 aromatic rings. The Labute approximate surface area is 123 Å². The largest absolute Gasteiger partial charge is 0.298 e. The summed E-state index contributed by atoms with van der Waals surface area (Å²) in [5, 5.41) is 0. The van der Waals surface area contributed by atoms with Gasteiger partial charge in [0.1, 0.15) is 6.29 Å². The molecule has 0 amide bonds. The van der Waals surface area contributed by atoms with Gasteiger partial charge in [-0.3, -0.25) is 4.79 Å². The zero-order chi connectivity index (χ0) is 14.8. The van der Waals surface area contributed by atoms with E-state index in [1.54, 1.807) is 0 Å². The molecule has 1 nitrogen and oxygen atoms in total. The van der Waals surface area contributed by atoms with Gasteiger partial charge < -0.3 is 0 Å². The predicted molar refractivity (Wildman–Crippen MR) is 85.6 cm³/mol. The first-order valence-electron chi connectivity index (χ1n) is 7.68. The highest BCUT2D eigenvalue weighted by atomic mass is 16.1. The summed E-state index contributed by atoms with van der Waals surface area (Å²) in [5.74, 6) is 0. The molecule has 0 unspecified atom stereocenters. The molecule has 0 heterocycles. The fourth-order valence-electron chi connectivity index (χ4n) is 3.38. The molecule has 0 saturated heterocycles. The van der Waals surface area contributed by atoms with E-state index in [4.69, 9.17) is 0 Å². The van der Waals surface area contributed by atoms with Crippen molar-refractivity contribution in [2.45, 2.75) is 59.8 Å². The summed E-state index contributed by atoms with van der Waals surface area (Å²) in [7, 11) is 0. The molecule has 2 aliphatic carbocycles. The SMILES string of the molecule is CC1=C(/C=C/C(C)=C2/C=C(C=O)CC2)C(C)(C)CCC1. The lowest BCUT2D eigenvalue weighted by atomic mass is 9.72. The molecule has 2 aliphatic rings. The second kappa shape index (κ2) is 5.95. The molecule has 0 fully saturated rings. The topological polar surface area (TPSA) is 17.1 Å². The van der Waals surface area contributed by atoms with Crippen LogP contribution >= 0.6 is 0 Å². The van der Waals surface area contributed by atoms with E-state index in [0.29, 0.717) is 5.41 Å². The maximum absolute atomic E-state index is 10.8. The molecule has 0 aromatic carbocycles. The lowest BCUT2D eigenvalue weighted by molar-refractivity contribution is -0.105. The van der Waals surface area contributed by atoms with Crippen molar-refractivity contribution in [2.75, 3.05) is 0 Å². The molecule has 20 heavy (non-hydrogen) atoms. The Morgan fingerprint density at radius 1 is 1.25 bits per heavy atom. The van der Waals surface area contributed by atoms with Crippen LogP contribution in [0.15, 0.2) is 46.1 Å². The van der Waals surface area contributed by atoms with Crippen LogP contribution < -0.4 is 0 Å². The van der Waals surface area contributed by atoms with Crippen LogP contribution in [-0.4, -0.2) is 6.29 Å². The van der Waals surface area contributed by atoms with Crippen LogP contribution in [0.2, 0.25) is 0 Å². The van der Waals surface area contributed by atoms with E-state index in [1.807, 2.05) is 0 Å². The lowest BCUT2D eigenvalue weighted by Crippen LogP contribution is -2.19. The third-order valence-electron chi connectivity index (χ3n) is 4.74. The van der Waals surface area contributed by atoms with Crippen LogP contribution in [0.3, 0.4) is 0 Å². The van der Waals surface area contributed by atoms with Crippen molar-refractivity contribution < 1.29 is 4.79 Å². The first-order valence-corrected chi connectivity index (χ1v) is 7.68. The maximum Gasteiger partial charge on any atom is 0.146 e. The van der Waals surface area contributed by atoms with Crippen LogP contribution in [0.25, 0.3) is 0 Å². The van der Waals surface area contributed by atoms with Gasteiger partial charge in [-0.05, 0) is 73.7 Å². The minimum absolute atomic E-state index is 0.295. The molecule has 0 atom stereocenters. The molecule has 0 aromatic heterocycles. The van der Waals surface area contributed by atoms with Gasteiger partial charge in [0.25, 0.3) is 0 Å². The van der Waals surface area contributed by atoms with Gasteiger partial charge in [0, 0.05) is 0 Å². The molecule has 0 aliphatic heterocycles. The Hall–Kier alpha value is -1.37. The highest BCUT2D eigenvalue weighted by Crippen LogP contribution is 2.41. The molecule has 0 saturated carbocycles. The number of allylic oxidation sites excluding steroid dienone is 8. The number of hydrogen-bond donors (Lipinski definition) is 0. The molecule has 0 bridgehead atoms. The van der Waals surface area contributed by atoms with Crippen molar-refractivity contribution in [3.63, 3.8) is 0 Å². The number of rotatable bonds is 3. The number of aldehydes is 1. The normalized spacial score (nSPS) is 25.1. The third kappa shape index (κ3) is 3.20. The van der Waals surface area contributed by atoms with Gasteiger partial charge in [0.2, 0.25) is 0 Å². The summed E-state index contributed by atoms with van der Waals surface area (Å²) >= 11 is 0.